The molecule has 1 unspecified atom stereocenters. The lowest BCUT2D eigenvalue weighted by atomic mass is 9.71. The first kappa shape index (κ1) is 13.4. The third-order valence-electron chi connectivity index (χ3n) is 5.00. The highest BCUT2D eigenvalue weighted by Gasteiger charge is 2.44. The summed E-state index contributed by atoms with van der Waals surface area (Å²) in [5, 5.41) is 0. The van der Waals surface area contributed by atoms with E-state index in [1.165, 1.54) is 22.6 Å². The number of ether oxygens (including phenoxy) is 1. The molecule has 1 aromatic heterocycles. The van der Waals surface area contributed by atoms with Gasteiger partial charge in [-0.2, -0.15) is 11.8 Å². The zero-order valence-electron chi connectivity index (χ0n) is 11.7. The van der Waals surface area contributed by atoms with E-state index in [0.717, 1.165) is 49.3 Å². The van der Waals surface area contributed by atoms with Crippen LogP contribution < -0.4 is 0 Å². The fourth-order valence-electron chi connectivity index (χ4n) is 3.64. The molecule has 1 atom stereocenters. The van der Waals surface area contributed by atoms with Crippen LogP contribution in [0, 0.1) is 5.92 Å². The molecule has 3 aliphatic rings. The summed E-state index contributed by atoms with van der Waals surface area (Å²) in [5.74, 6) is 2.90. The first-order chi connectivity index (χ1) is 9.76. The quantitative estimate of drug-likeness (QED) is 0.770. The molecule has 4 rings (SSSR count). The Morgan fingerprint density at radius 3 is 3.05 bits per heavy atom. The Kier molecular flexibility index (Phi) is 3.44. The highest BCUT2D eigenvalue weighted by Crippen LogP contribution is 2.45. The number of carbonyl (C=O) groups excluding carboxylic acids is 1. The predicted octanol–water partition coefficient (Wildman–Crippen LogP) is 4.07. The lowest BCUT2D eigenvalue weighted by molar-refractivity contribution is -0.137. The van der Waals surface area contributed by atoms with Crippen molar-refractivity contribution >= 4 is 28.9 Å². The predicted molar refractivity (Wildman–Crippen MR) is 83.8 cm³/mol. The summed E-state index contributed by atoms with van der Waals surface area (Å²) in [6.07, 6.45) is 6.62. The molecule has 1 aromatic rings. The van der Waals surface area contributed by atoms with Gasteiger partial charge in [-0.3, -0.25) is 4.79 Å². The number of thiophene rings is 1. The van der Waals surface area contributed by atoms with E-state index in [2.05, 4.69) is 6.07 Å². The van der Waals surface area contributed by atoms with Crippen molar-refractivity contribution in [3.8, 4) is 0 Å². The minimum atomic E-state index is 0.0747. The van der Waals surface area contributed by atoms with Crippen LogP contribution in [0.5, 0.6) is 0 Å². The van der Waals surface area contributed by atoms with Crippen molar-refractivity contribution in [3.05, 3.63) is 21.4 Å². The minimum absolute atomic E-state index is 0.0747. The van der Waals surface area contributed by atoms with Gasteiger partial charge in [0.25, 0.3) is 0 Å². The lowest BCUT2D eigenvalue weighted by Gasteiger charge is -2.46. The average molecular weight is 308 g/mol. The van der Waals surface area contributed by atoms with E-state index in [0.29, 0.717) is 5.78 Å². The van der Waals surface area contributed by atoms with E-state index in [9.17, 15) is 4.79 Å². The molecule has 1 saturated carbocycles. The van der Waals surface area contributed by atoms with Crippen LogP contribution in [0.3, 0.4) is 0 Å². The number of rotatable bonds is 2. The standard InChI is InChI=1S/C16H20O2S2/c17-15(11-2-6-18-16(9-11)4-1-5-16)14-8-12-10-19-7-3-13(12)20-14/h8,11H,1-7,9-10H2. The Morgan fingerprint density at radius 2 is 2.30 bits per heavy atom. The Bertz CT molecular complexity index is 507. The van der Waals surface area contributed by atoms with Crippen molar-refractivity contribution in [2.24, 2.45) is 5.92 Å². The molecule has 2 nitrogen and oxygen atoms in total. The Hall–Kier alpha value is -0.320. The zero-order valence-corrected chi connectivity index (χ0v) is 13.3. The van der Waals surface area contributed by atoms with Gasteiger partial charge in [-0.05, 0) is 55.9 Å². The van der Waals surface area contributed by atoms with Crippen LogP contribution in [0.1, 0.15) is 52.2 Å². The Morgan fingerprint density at radius 1 is 1.40 bits per heavy atom. The molecular formula is C16H20O2S2. The fourth-order valence-corrected chi connectivity index (χ4v) is 6.03. The van der Waals surface area contributed by atoms with Gasteiger partial charge in [-0.1, -0.05) is 0 Å². The van der Waals surface area contributed by atoms with E-state index in [1.807, 2.05) is 11.8 Å². The summed E-state index contributed by atoms with van der Waals surface area (Å²) < 4.78 is 5.95. The second-order valence-electron chi connectivity index (χ2n) is 6.30. The molecule has 3 heterocycles. The number of ketones is 1. The molecule has 4 heteroatoms. The van der Waals surface area contributed by atoms with Gasteiger partial charge in [-0.15, -0.1) is 11.3 Å². The summed E-state index contributed by atoms with van der Waals surface area (Å²) in [6.45, 7) is 0.775. The van der Waals surface area contributed by atoms with E-state index in [-0.39, 0.29) is 11.5 Å². The normalized spacial score (nSPS) is 27.9. The second-order valence-corrected chi connectivity index (χ2v) is 8.54. The van der Waals surface area contributed by atoms with Crippen molar-refractivity contribution in [1.29, 1.82) is 0 Å². The molecule has 1 spiro atoms. The van der Waals surface area contributed by atoms with Crippen LogP contribution >= 0.6 is 23.1 Å². The van der Waals surface area contributed by atoms with Crippen LogP contribution in [0.4, 0.5) is 0 Å². The van der Waals surface area contributed by atoms with Crippen LogP contribution in [0.2, 0.25) is 0 Å². The third-order valence-corrected chi connectivity index (χ3v) is 7.26. The average Bonchev–Trinajstić information content (AvgIpc) is 2.89. The summed E-state index contributed by atoms with van der Waals surface area (Å²) >= 11 is 3.75. The molecule has 0 radical (unpaired) electrons. The van der Waals surface area contributed by atoms with Crippen molar-refractivity contribution in [2.75, 3.05) is 12.4 Å². The lowest BCUT2D eigenvalue weighted by Crippen LogP contribution is -2.46. The van der Waals surface area contributed by atoms with Crippen LogP contribution in [0.25, 0.3) is 0 Å². The van der Waals surface area contributed by atoms with Crippen LogP contribution in [0.15, 0.2) is 6.07 Å². The monoisotopic (exact) mass is 308 g/mol. The van der Waals surface area contributed by atoms with E-state index in [1.54, 1.807) is 11.3 Å². The zero-order chi connectivity index (χ0) is 13.6. The number of carbonyl (C=O) groups is 1. The molecule has 108 valence electrons. The van der Waals surface area contributed by atoms with Crippen LogP contribution in [-0.2, 0) is 16.9 Å². The molecule has 0 aromatic carbocycles. The van der Waals surface area contributed by atoms with Gasteiger partial charge in [0.1, 0.15) is 0 Å². The molecule has 2 aliphatic heterocycles. The van der Waals surface area contributed by atoms with Gasteiger partial charge < -0.3 is 4.74 Å². The van der Waals surface area contributed by atoms with Gasteiger partial charge >= 0.3 is 0 Å². The number of fused-ring (bicyclic) bond motifs is 1. The Balaban J connectivity index is 1.53. The maximum atomic E-state index is 12.8. The van der Waals surface area contributed by atoms with E-state index < -0.39 is 0 Å². The molecule has 20 heavy (non-hydrogen) atoms. The molecular weight excluding hydrogens is 288 g/mol. The van der Waals surface area contributed by atoms with Crippen molar-refractivity contribution in [2.45, 2.75) is 49.9 Å². The van der Waals surface area contributed by atoms with Gasteiger partial charge in [0.05, 0.1) is 10.5 Å². The van der Waals surface area contributed by atoms with Gasteiger partial charge in [0, 0.05) is 23.2 Å². The van der Waals surface area contributed by atoms with Gasteiger partial charge in [0.2, 0.25) is 0 Å². The summed E-state index contributed by atoms with van der Waals surface area (Å²) in [5.41, 5.74) is 1.49. The highest BCUT2D eigenvalue weighted by molar-refractivity contribution is 7.98. The molecule has 0 N–H and O–H groups in total. The maximum absolute atomic E-state index is 12.8. The first-order valence-corrected chi connectivity index (χ1v) is 9.60. The smallest absolute Gasteiger partial charge is 0.176 e. The number of hydrogen-bond donors (Lipinski definition) is 0. The molecule has 1 aliphatic carbocycles. The second kappa shape index (κ2) is 5.15. The number of hydrogen-bond acceptors (Lipinski definition) is 4. The number of thioether (sulfide) groups is 1. The van der Waals surface area contributed by atoms with E-state index >= 15 is 0 Å². The molecule has 2 fully saturated rings. The third kappa shape index (κ3) is 2.26. The first-order valence-electron chi connectivity index (χ1n) is 7.63. The maximum Gasteiger partial charge on any atom is 0.176 e. The highest BCUT2D eigenvalue weighted by atomic mass is 32.2. The Labute approximate surface area is 128 Å². The largest absolute Gasteiger partial charge is 0.375 e. The summed E-state index contributed by atoms with van der Waals surface area (Å²) in [6, 6.07) is 2.18. The minimum Gasteiger partial charge on any atom is -0.375 e. The topological polar surface area (TPSA) is 26.3 Å². The van der Waals surface area contributed by atoms with Gasteiger partial charge in [-0.25, -0.2) is 0 Å². The molecule has 1 saturated heterocycles. The van der Waals surface area contributed by atoms with Crippen molar-refractivity contribution < 1.29 is 9.53 Å². The summed E-state index contributed by atoms with van der Waals surface area (Å²) in [4.78, 5) is 15.3. The summed E-state index contributed by atoms with van der Waals surface area (Å²) in [7, 11) is 0. The molecule has 0 bridgehead atoms. The van der Waals surface area contributed by atoms with Crippen LogP contribution in [-0.4, -0.2) is 23.7 Å². The van der Waals surface area contributed by atoms with Crippen molar-refractivity contribution in [1.82, 2.24) is 0 Å². The van der Waals surface area contributed by atoms with Gasteiger partial charge in [0.15, 0.2) is 5.78 Å². The van der Waals surface area contributed by atoms with E-state index in [4.69, 9.17) is 4.74 Å². The number of Topliss-reactive ketones (excluding diaryl/α,β-unsaturated/α-hetero) is 1. The fraction of sp³-hybridized carbons (Fsp3) is 0.688. The number of aryl methyl sites for hydroxylation is 1. The molecule has 0 amide bonds. The van der Waals surface area contributed by atoms with Crippen molar-refractivity contribution in [3.63, 3.8) is 0 Å². The SMILES string of the molecule is O=C(c1cc2c(s1)CCSC2)C1CCOC2(CCC2)C1.